The summed E-state index contributed by atoms with van der Waals surface area (Å²) in [7, 11) is 1.80. The van der Waals surface area contributed by atoms with Gasteiger partial charge in [0.2, 0.25) is 11.8 Å². The van der Waals surface area contributed by atoms with Crippen LogP contribution in [-0.4, -0.2) is 64.0 Å². The molecule has 4 rings (SSSR count). The fraction of sp³-hybridized carbons (Fsp3) is 0.571. The molecule has 1 aromatic heterocycles. The molecule has 0 aliphatic carbocycles. The maximum atomic E-state index is 13.2. The number of pyridine rings is 1. The van der Waals surface area contributed by atoms with Gasteiger partial charge in [0.05, 0.1) is 24.5 Å². The van der Waals surface area contributed by atoms with Gasteiger partial charge < -0.3 is 14.5 Å². The number of amides is 2. The minimum Gasteiger partial charge on any atom is -0.360 e. The zero-order valence-electron chi connectivity index (χ0n) is 16.4. The molecule has 2 fully saturated rings. The first kappa shape index (κ1) is 18.2. The van der Waals surface area contributed by atoms with E-state index in [0.29, 0.717) is 19.5 Å². The molecule has 2 amide bonds. The van der Waals surface area contributed by atoms with Crippen LogP contribution in [0.5, 0.6) is 0 Å². The smallest absolute Gasteiger partial charge is 0.230 e. The molecule has 3 aliphatic rings. The van der Waals surface area contributed by atoms with Crippen molar-refractivity contribution in [2.24, 2.45) is 11.8 Å². The van der Waals surface area contributed by atoms with Gasteiger partial charge in [-0.05, 0) is 32.9 Å². The van der Waals surface area contributed by atoms with Gasteiger partial charge >= 0.3 is 0 Å². The Morgan fingerprint density at radius 1 is 1.41 bits per heavy atom. The predicted octanol–water partition coefficient (Wildman–Crippen LogP) is 1.66. The van der Waals surface area contributed by atoms with Crippen LogP contribution in [0, 0.1) is 11.8 Å². The molecule has 27 heavy (non-hydrogen) atoms. The average molecular weight is 369 g/mol. The maximum absolute atomic E-state index is 13.2. The number of rotatable bonds is 4. The summed E-state index contributed by atoms with van der Waals surface area (Å²) in [6, 6.07) is 5.78. The summed E-state index contributed by atoms with van der Waals surface area (Å²) in [5.41, 5.74) is 0.0229. The van der Waals surface area contributed by atoms with Gasteiger partial charge in [-0.25, -0.2) is 0 Å². The fourth-order valence-electron chi connectivity index (χ4n) is 4.54. The molecular formula is C21H27N3O3. The van der Waals surface area contributed by atoms with E-state index in [-0.39, 0.29) is 23.5 Å². The third-order valence-corrected chi connectivity index (χ3v) is 6.00. The number of likely N-dealkylation sites (N-methyl/N-ethyl adjacent to an activating group) is 1. The predicted molar refractivity (Wildman–Crippen MR) is 101 cm³/mol. The van der Waals surface area contributed by atoms with Gasteiger partial charge in [0.15, 0.2) is 0 Å². The molecule has 6 nitrogen and oxygen atoms in total. The van der Waals surface area contributed by atoms with Gasteiger partial charge in [-0.15, -0.1) is 0 Å². The molecule has 0 N–H and O–H groups in total. The summed E-state index contributed by atoms with van der Waals surface area (Å²) in [5, 5.41) is 0. The van der Waals surface area contributed by atoms with Crippen molar-refractivity contribution in [1.29, 1.82) is 0 Å². The van der Waals surface area contributed by atoms with Crippen LogP contribution in [0.15, 0.2) is 36.5 Å². The summed E-state index contributed by atoms with van der Waals surface area (Å²) in [4.78, 5) is 34.3. The van der Waals surface area contributed by atoms with Gasteiger partial charge in [-0.2, -0.15) is 0 Å². The number of nitrogens with zero attached hydrogens (tertiary/aromatic N) is 3. The average Bonchev–Trinajstić information content (AvgIpc) is 3.28. The first-order valence-corrected chi connectivity index (χ1v) is 9.56. The zero-order valence-corrected chi connectivity index (χ0v) is 16.4. The van der Waals surface area contributed by atoms with Crippen molar-refractivity contribution in [2.75, 3.05) is 20.1 Å². The topological polar surface area (TPSA) is 62.7 Å². The van der Waals surface area contributed by atoms with E-state index in [1.807, 2.05) is 56.0 Å². The molecule has 3 aliphatic heterocycles. The van der Waals surface area contributed by atoms with E-state index in [1.54, 1.807) is 18.1 Å². The van der Waals surface area contributed by atoms with E-state index in [2.05, 4.69) is 4.98 Å². The van der Waals surface area contributed by atoms with E-state index in [0.717, 1.165) is 5.69 Å². The van der Waals surface area contributed by atoms with Crippen LogP contribution in [0.2, 0.25) is 0 Å². The standard InChI is InChI=1S/C21H27N3O3/c1-20(2,3)24-13-21-10-8-15(27-21)16(17(21)19(24)26)18(25)23(4)12-9-14-7-5-6-11-22-14/h5-8,10-11,15-17H,9,12-13H2,1-4H3/t15-,16?,17?,21-/m1/s1. The van der Waals surface area contributed by atoms with E-state index in [1.165, 1.54) is 0 Å². The Morgan fingerprint density at radius 3 is 2.85 bits per heavy atom. The molecular weight excluding hydrogens is 342 g/mol. The van der Waals surface area contributed by atoms with Crippen molar-refractivity contribution >= 4 is 11.8 Å². The van der Waals surface area contributed by atoms with Crippen LogP contribution in [0.25, 0.3) is 0 Å². The summed E-state index contributed by atoms with van der Waals surface area (Å²) in [5.74, 6) is -0.845. The number of fused-ring (bicyclic) bond motifs is 1. The molecule has 2 saturated heterocycles. The molecule has 2 bridgehead atoms. The summed E-state index contributed by atoms with van der Waals surface area (Å²) >= 11 is 0. The van der Waals surface area contributed by atoms with Crippen molar-refractivity contribution in [2.45, 2.75) is 44.4 Å². The van der Waals surface area contributed by atoms with Gasteiger partial charge in [-0.3, -0.25) is 14.6 Å². The second-order valence-electron chi connectivity index (χ2n) is 8.83. The third-order valence-electron chi connectivity index (χ3n) is 6.00. The van der Waals surface area contributed by atoms with Crippen molar-refractivity contribution in [1.82, 2.24) is 14.8 Å². The lowest BCUT2D eigenvalue weighted by Crippen LogP contribution is -2.47. The van der Waals surface area contributed by atoms with Crippen LogP contribution < -0.4 is 0 Å². The largest absolute Gasteiger partial charge is 0.360 e. The van der Waals surface area contributed by atoms with Crippen LogP contribution in [0.1, 0.15) is 26.5 Å². The van der Waals surface area contributed by atoms with Gasteiger partial charge in [0.25, 0.3) is 0 Å². The molecule has 0 aromatic carbocycles. The Hall–Kier alpha value is -2.21. The Bertz CT molecular complexity index is 786. The van der Waals surface area contributed by atoms with Crippen LogP contribution in [-0.2, 0) is 20.7 Å². The van der Waals surface area contributed by atoms with Crippen molar-refractivity contribution in [3.8, 4) is 0 Å². The SMILES string of the molecule is CN(CCc1ccccn1)C(=O)C1C2C(=O)N(C(C)(C)C)C[C@]23C=C[C@H]1O3. The van der Waals surface area contributed by atoms with Crippen molar-refractivity contribution < 1.29 is 14.3 Å². The van der Waals surface area contributed by atoms with Gasteiger partial charge in [0.1, 0.15) is 5.60 Å². The summed E-state index contributed by atoms with van der Waals surface area (Å²) in [6.45, 7) is 7.16. The lowest BCUT2D eigenvalue weighted by atomic mass is 9.76. The molecule has 1 spiro atoms. The van der Waals surface area contributed by atoms with Crippen molar-refractivity contribution in [3.05, 3.63) is 42.2 Å². The number of hydrogen-bond acceptors (Lipinski definition) is 4. The Balaban J connectivity index is 1.51. The Morgan fingerprint density at radius 2 is 2.19 bits per heavy atom. The lowest BCUT2D eigenvalue weighted by molar-refractivity contribution is -0.144. The molecule has 0 saturated carbocycles. The normalized spacial score (nSPS) is 31.5. The van der Waals surface area contributed by atoms with E-state index < -0.39 is 17.4 Å². The first-order chi connectivity index (χ1) is 12.7. The Kier molecular flexibility index (Phi) is 4.14. The fourth-order valence-corrected chi connectivity index (χ4v) is 4.54. The highest BCUT2D eigenvalue weighted by atomic mass is 16.5. The highest BCUT2D eigenvalue weighted by Gasteiger charge is 2.68. The molecule has 2 unspecified atom stereocenters. The summed E-state index contributed by atoms with van der Waals surface area (Å²) < 4.78 is 6.19. The van der Waals surface area contributed by atoms with E-state index >= 15 is 0 Å². The van der Waals surface area contributed by atoms with Crippen molar-refractivity contribution in [3.63, 3.8) is 0 Å². The quantitative estimate of drug-likeness (QED) is 0.758. The minimum absolute atomic E-state index is 0.0173. The second kappa shape index (κ2) is 6.16. The highest BCUT2D eigenvalue weighted by Crippen LogP contribution is 2.53. The van der Waals surface area contributed by atoms with E-state index in [9.17, 15) is 9.59 Å². The van der Waals surface area contributed by atoms with Crippen LogP contribution >= 0.6 is 0 Å². The summed E-state index contributed by atoms with van der Waals surface area (Å²) in [6.07, 6.45) is 6.11. The molecule has 144 valence electrons. The van der Waals surface area contributed by atoms with E-state index in [4.69, 9.17) is 4.74 Å². The maximum Gasteiger partial charge on any atom is 0.230 e. The molecule has 4 atom stereocenters. The molecule has 1 aromatic rings. The number of hydrogen-bond donors (Lipinski definition) is 0. The van der Waals surface area contributed by atoms with Gasteiger partial charge in [-0.1, -0.05) is 18.2 Å². The monoisotopic (exact) mass is 369 g/mol. The molecule has 4 heterocycles. The number of likely N-dealkylation sites (tertiary alicyclic amines) is 1. The Labute approximate surface area is 160 Å². The van der Waals surface area contributed by atoms with Gasteiger partial charge in [0, 0.05) is 37.4 Å². The van der Waals surface area contributed by atoms with Crippen LogP contribution in [0.3, 0.4) is 0 Å². The number of aromatic nitrogens is 1. The molecule has 6 heteroatoms. The third kappa shape index (κ3) is 2.87. The lowest BCUT2D eigenvalue weighted by Gasteiger charge is -2.34. The number of carbonyl (C=O) groups is 2. The minimum atomic E-state index is -0.642. The second-order valence-corrected chi connectivity index (χ2v) is 8.83. The first-order valence-electron chi connectivity index (χ1n) is 9.56. The highest BCUT2D eigenvalue weighted by molar-refractivity contribution is 5.93. The number of carbonyl (C=O) groups excluding carboxylic acids is 2. The molecule has 0 radical (unpaired) electrons. The van der Waals surface area contributed by atoms with Crippen LogP contribution in [0.4, 0.5) is 0 Å². The number of ether oxygens (including phenoxy) is 1. The zero-order chi connectivity index (χ0) is 19.4.